The van der Waals surface area contributed by atoms with Crippen LogP contribution in [-0.2, 0) is 10.0 Å². The smallest absolute Gasteiger partial charge is 0.236 e. The van der Waals surface area contributed by atoms with E-state index >= 15 is 0 Å². The van der Waals surface area contributed by atoms with Crippen LogP contribution >= 0.6 is 0 Å². The zero-order chi connectivity index (χ0) is 20.9. The fourth-order valence-electron chi connectivity index (χ4n) is 3.80. The number of pyridine rings is 1. The second-order valence-electron chi connectivity index (χ2n) is 7.34. The minimum atomic E-state index is -3.42. The standard InChI is InChI=1S/C18H19F2N7O2S/c19-12-6-13(20)18(24-11-2-3-21-7-11)25-17(12)14-8-22-15-9-23-16(10-26(14)15)27-4-1-5-30(27,28)29/h6,8-11,21H,1-5,7H2,(H,24,25). The van der Waals surface area contributed by atoms with Crippen LogP contribution in [0.5, 0.6) is 0 Å². The van der Waals surface area contributed by atoms with Gasteiger partial charge < -0.3 is 10.6 Å². The molecule has 5 heterocycles. The van der Waals surface area contributed by atoms with E-state index in [4.69, 9.17) is 0 Å². The summed E-state index contributed by atoms with van der Waals surface area (Å²) in [5, 5.41) is 6.18. The number of aromatic nitrogens is 4. The van der Waals surface area contributed by atoms with Gasteiger partial charge >= 0.3 is 0 Å². The van der Waals surface area contributed by atoms with E-state index in [-0.39, 0.29) is 34.8 Å². The Morgan fingerprint density at radius 3 is 2.80 bits per heavy atom. The topological polar surface area (TPSA) is 105 Å². The first-order chi connectivity index (χ1) is 14.4. The molecule has 1 atom stereocenters. The molecule has 158 valence electrons. The Morgan fingerprint density at radius 1 is 1.20 bits per heavy atom. The van der Waals surface area contributed by atoms with Crippen LogP contribution < -0.4 is 14.9 Å². The predicted molar refractivity (Wildman–Crippen MR) is 107 cm³/mol. The summed E-state index contributed by atoms with van der Waals surface area (Å²) in [6.45, 7) is 1.82. The summed E-state index contributed by atoms with van der Waals surface area (Å²) in [5.74, 6) is -1.37. The van der Waals surface area contributed by atoms with E-state index in [0.717, 1.165) is 19.0 Å². The lowest BCUT2D eigenvalue weighted by Crippen LogP contribution is -2.26. The highest BCUT2D eigenvalue weighted by atomic mass is 32.2. The van der Waals surface area contributed by atoms with Gasteiger partial charge in [-0.1, -0.05) is 0 Å². The fourth-order valence-corrected chi connectivity index (χ4v) is 5.30. The average molecular weight is 435 g/mol. The van der Waals surface area contributed by atoms with E-state index < -0.39 is 21.7 Å². The molecule has 3 aromatic heterocycles. The minimum absolute atomic E-state index is 0.00340. The van der Waals surface area contributed by atoms with Crippen LogP contribution in [0.15, 0.2) is 24.7 Å². The highest BCUT2D eigenvalue weighted by Crippen LogP contribution is 2.28. The maximum Gasteiger partial charge on any atom is 0.236 e. The zero-order valence-corrected chi connectivity index (χ0v) is 16.7. The maximum atomic E-state index is 14.7. The number of halogens is 2. The van der Waals surface area contributed by atoms with Crippen LogP contribution in [-0.4, -0.2) is 59.2 Å². The first kappa shape index (κ1) is 19.1. The minimum Gasteiger partial charge on any atom is -0.364 e. The Hall–Kier alpha value is -2.86. The molecule has 0 amide bonds. The summed E-state index contributed by atoms with van der Waals surface area (Å²) in [5.41, 5.74) is 0.583. The fraction of sp³-hybridized carbons (Fsp3) is 0.389. The molecule has 5 rings (SSSR count). The van der Waals surface area contributed by atoms with E-state index in [1.807, 2.05) is 0 Å². The molecule has 2 fully saturated rings. The summed E-state index contributed by atoms with van der Waals surface area (Å²) in [6.07, 6.45) is 5.63. The van der Waals surface area contributed by atoms with E-state index in [9.17, 15) is 17.2 Å². The molecule has 0 bridgehead atoms. The van der Waals surface area contributed by atoms with Crippen LogP contribution in [0, 0.1) is 11.6 Å². The second-order valence-corrected chi connectivity index (χ2v) is 9.35. The van der Waals surface area contributed by atoms with Gasteiger partial charge in [-0.25, -0.2) is 32.2 Å². The molecule has 0 saturated carbocycles. The lowest BCUT2D eigenvalue weighted by molar-refractivity contribution is 0.575. The highest BCUT2D eigenvalue weighted by Gasteiger charge is 2.30. The molecule has 0 aliphatic carbocycles. The molecular weight excluding hydrogens is 416 g/mol. The quantitative estimate of drug-likeness (QED) is 0.638. The van der Waals surface area contributed by atoms with Gasteiger partial charge in [0.2, 0.25) is 10.0 Å². The van der Waals surface area contributed by atoms with Crippen molar-refractivity contribution in [2.45, 2.75) is 18.9 Å². The summed E-state index contributed by atoms with van der Waals surface area (Å²) >= 11 is 0. The average Bonchev–Trinajstić information content (AvgIpc) is 3.43. The summed E-state index contributed by atoms with van der Waals surface area (Å²) in [7, 11) is -3.42. The van der Waals surface area contributed by atoms with Gasteiger partial charge in [-0.05, 0) is 19.4 Å². The first-order valence-electron chi connectivity index (χ1n) is 9.59. The van der Waals surface area contributed by atoms with Gasteiger partial charge in [0.05, 0.1) is 30.0 Å². The Labute approximate surface area is 171 Å². The number of imidazole rings is 1. The second kappa shape index (κ2) is 7.13. The molecule has 2 N–H and O–H groups in total. The van der Waals surface area contributed by atoms with Gasteiger partial charge in [0.25, 0.3) is 0 Å². The van der Waals surface area contributed by atoms with Gasteiger partial charge in [-0.3, -0.25) is 8.71 Å². The normalized spacial score (nSPS) is 20.9. The van der Waals surface area contributed by atoms with E-state index in [0.29, 0.717) is 25.2 Å². The van der Waals surface area contributed by atoms with Crippen molar-refractivity contribution in [3.05, 3.63) is 36.3 Å². The molecule has 0 radical (unpaired) electrons. The molecular formula is C18H19F2N7O2S. The van der Waals surface area contributed by atoms with E-state index in [1.165, 1.54) is 27.3 Å². The number of nitrogens with one attached hydrogen (secondary N) is 2. The predicted octanol–water partition coefficient (Wildman–Crippen LogP) is 1.38. The van der Waals surface area contributed by atoms with E-state index in [2.05, 4.69) is 25.6 Å². The molecule has 12 heteroatoms. The third-order valence-corrected chi connectivity index (χ3v) is 7.16. The number of sulfonamides is 1. The SMILES string of the molecule is O=S1(=O)CCCN1c1cn2c(-c3nc(NC4CCNC4)c(F)cc3F)cnc2cn1. The van der Waals surface area contributed by atoms with Crippen LogP contribution in [0.4, 0.5) is 20.4 Å². The van der Waals surface area contributed by atoms with Crippen molar-refractivity contribution in [3.8, 4) is 11.4 Å². The molecule has 2 aliphatic heterocycles. The van der Waals surface area contributed by atoms with Crippen molar-refractivity contribution in [2.75, 3.05) is 35.0 Å². The van der Waals surface area contributed by atoms with Crippen molar-refractivity contribution < 1.29 is 17.2 Å². The van der Waals surface area contributed by atoms with Crippen LogP contribution in [0.1, 0.15) is 12.8 Å². The van der Waals surface area contributed by atoms with Crippen molar-refractivity contribution in [3.63, 3.8) is 0 Å². The number of hydrogen-bond donors (Lipinski definition) is 2. The Kier molecular flexibility index (Phi) is 4.54. The molecule has 2 saturated heterocycles. The molecule has 1 unspecified atom stereocenters. The summed E-state index contributed by atoms with van der Waals surface area (Å²) in [4.78, 5) is 12.6. The molecule has 2 aliphatic rings. The lowest BCUT2D eigenvalue weighted by atomic mass is 10.2. The number of nitrogens with zero attached hydrogens (tertiary/aromatic N) is 5. The van der Waals surface area contributed by atoms with Gasteiger partial charge in [-0.15, -0.1) is 0 Å². The van der Waals surface area contributed by atoms with Gasteiger partial charge in [-0.2, -0.15) is 0 Å². The third-order valence-electron chi connectivity index (χ3n) is 5.31. The number of hydrogen-bond acceptors (Lipinski definition) is 7. The van der Waals surface area contributed by atoms with Crippen molar-refractivity contribution in [1.82, 2.24) is 24.7 Å². The lowest BCUT2D eigenvalue weighted by Gasteiger charge is -2.16. The Bertz CT molecular complexity index is 1220. The summed E-state index contributed by atoms with van der Waals surface area (Å²) in [6, 6.07) is 0.795. The Morgan fingerprint density at radius 2 is 2.07 bits per heavy atom. The highest BCUT2D eigenvalue weighted by molar-refractivity contribution is 7.93. The molecule has 0 spiro atoms. The monoisotopic (exact) mass is 435 g/mol. The largest absolute Gasteiger partial charge is 0.364 e. The van der Waals surface area contributed by atoms with Crippen LogP contribution in [0.2, 0.25) is 0 Å². The molecule has 30 heavy (non-hydrogen) atoms. The number of rotatable bonds is 4. The first-order valence-corrected chi connectivity index (χ1v) is 11.2. The number of anilines is 2. The maximum absolute atomic E-state index is 14.7. The van der Waals surface area contributed by atoms with Crippen molar-refractivity contribution in [2.24, 2.45) is 0 Å². The Balaban J connectivity index is 1.58. The van der Waals surface area contributed by atoms with Crippen LogP contribution in [0.3, 0.4) is 0 Å². The molecule has 0 aromatic carbocycles. The molecule has 9 nitrogen and oxygen atoms in total. The molecule has 3 aromatic rings. The van der Waals surface area contributed by atoms with Gasteiger partial charge in [0, 0.05) is 25.2 Å². The van der Waals surface area contributed by atoms with E-state index in [1.54, 1.807) is 0 Å². The van der Waals surface area contributed by atoms with Crippen molar-refractivity contribution in [1.29, 1.82) is 0 Å². The zero-order valence-electron chi connectivity index (χ0n) is 15.8. The van der Waals surface area contributed by atoms with Crippen molar-refractivity contribution >= 4 is 27.3 Å². The van der Waals surface area contributed by atoms with Gasteiger partial charge in [0.15, 0.2) is 28.9 Å². The van der Waals surface area contributed by atoms with Gasteiger partial charge in [0.1, 0.15) is 5.69 Å². The third kappa shape index (κ3) is 3.25. The number of fused-ring (bicyclic) bond motifs is 1. The van der Waals surface area contributed by atoms with Crippen LogP contribution in [0.25, 0.3) is 17.0 Å². The summed E-state index contributed by atoms with van der Waals surface area (Å²) < 4.78 is 56.1.